The molecule has 0 saturated carbocycles. The van der Waals surface area contributed by atoms with Gasteiger partial charge < -0.3 is 15.0 Å². The van der Waals surface area contributed by atoms with E-state index in [9.17, 15) is 0 Å². The van der Waals surface area contributed by atoms with Crippen LogP contribution in [0.15, 0.2) is 18.2 Å². The van der Waals surface area contributed by atoms with Gasteiger partial charge in [-0.2, -0.15) is 0 Å². The molecule has 0 aromatic heterocycles. The van der Waals surface area contributed by atoms with E-state index in [-0.39, 0.29) is 0 Å². The summed E-state index contributed by atoms with van der Waals surface area (Å²) in [6.07, 6.45) is 2.33. The van der Waals surface area contributed by atoms with Gasteiger partial charge >= 0.3 is 0 Å². The molecule has 1 aromatic rings. The van der Waals surface area contributed by atoms with E-state index in [1.807, 2.05) is 0 Å². The van der Waals surface area contributed by atoms with Crippen molar-refractivity contribution in [3.63, 3.8) is 0 Å². The van der Waals surface area contributed by atoms with Gasteiger partial charge in [0, 0.05) is 13.1 Å². The van der Waals surface area contributed by atoms with Gasteiger partial charge in [0.15, 0.2) is 0 Å². The molecule has 0 radical (unpaired) electrons. The predicted molar refractivity (Wildman–Crippen MR) is 79.7 cm³/mol. The molecule has 1 saturated heterocycles. The first-order valence-electron chi connectivity index (χ1n) is 7.28. The maximum absolute atomic E-state index is 5.38. The summed E-state index contributed by atoms with van der Waals surface area (Å²) >= 11 is 0. The zero-order valence-electron chi connectivity index (χ0n) is 12.4. The van der Waals surface area contributed by atoms with Crippen molar-refractivity contribution >= 4 is 0 Å². The molecule has 3 heteroatoms. The minimum Gasteiger partial charge on any atom is -0.496 e. The van der Waals surface area contributed by atoms with Gasteiger partial charge in [-0.3, -0.25) is 0 Å². The van der Waals surface area contributed by atoms with Crippen LogP contribution in [0.3, 0.4) is 0 Å². The highest BCUT2D eigenvalue weighted by Gasteiger charge is 2.16. The van der Waals surface area contributed by atoms with Crippen LogP contribution in [0.1, 0.15) is 24.5 Å². The first kappa shape index (κ1) is 14.4. The van der Waals surface area contributed by atoms with E-state index in [1.54, 1.807) is 7.11 Å². The Bertz CT molecular complexity index is 400. The van der Waals surface area contributed by atoms with Crippen molar-refractivity contribution in [1.29, 1.82) is 0 Å². The summed E-state index contributed by atoms with van der Waals surface area (Å²) in [7, 11) is 3.96. The molecule has 1 unspecified atom stereocenters. The second kappa shape index (κ2) is 6.92. The Morgan fingerprint density at radius 3 is 2.89 bits per heavy atom. The summed E-state index contributed by atoms with van der Waals surface area (Å²) < 4.78 is 5.38. The quantitative estimate of drug-likeness (QED) is 0.851. The third-order valence-corrected chi connectivity index (χ3v) is 3.91. The van der Waals surface area contributed by atoms with Gasteiger partial charge in [0.1, 0.15) is 5.75 Å². The fraction of sp³-hybridized carbons (Fsp3) is 0.625. The van der Waals surface area contributed by atoms with E-state index >= 15 is 0 Å². The lowest BCUT2D eigenvalue weighted by Gasteiger charge is -2.21. The van der Waals surface area contributed by atoms with E-state index in [0.717, 1.165) is 24.6 Å². The predicted octanol–water partition coefficient (Wildman–Crippen LogP) is 2.30. The van der Waals surface area contributed by atoms with Crippen LogP contribution >= 0.6 is 0 Å². The lowest BCUT2D eigenvalue weighted by atomic mass is 10.1. The normalized spacial score (nSPS) is 19.1. The molecule has 0 bridgehead atoms. The minimum absolute atomic E-state index is 0.814. The molecule has 3 nitrogen and oxygen atoms in total. The van der Waals surface area contributed by atoms with Crippen molar-refractivity contribution in [3.8, 4) is 5.75 Å². The summed E-state index contributed by atoms with van der Waals surface area (Å²) in [5, 5.41) is 3.43. The number of nitrogens with one attached hydrogen (secondary N) is 1. The van der Waals surface area contributed by atoms with E-state index in [4.69, 9.17) is 4.74 Å². The highest BCUT2D eigenvalue weighted by atomic mass is 16.5. The fourth-order valence-electron chi connectivity index (χ4n) is 2.89. The smallest absolute Gasteiger partial charge is 0.122 e. The molecular weight excluding hydrogens is 236 g/mol. The van der Waals surface area contributed by atoms with Crippen LogP contribution in [-0.2, 0) is 13.0 Å². The van der Waals surface area contributed by atoms with Crippen LogP contribution in [0.25, 0.3) is 0 Å². The maximum Gasteiger partial charge on any atom is 0.122 e. The van der Waals surface area contributed by atoms with E-state index in [1.165, 1.54) is 37.2 Å². The Morgan fingerprint density at radius 1 is 1.42 bits per heavy atom. The molecule has 1 atom stereocenters. The Kier molecular flexibility index (Phi) is 5.23. The first-order valence-corrected chi connectivity index (χ1v) is 7.28. The number of rotatable bonds is 6. The minimum atomic E-state index is 0.814. The molecule has 0 spiro atoms. The zero-order valence-corrected chi connectivity index (χ0v) is 12.4. The van der Waals surface area contributed by atoms with E-state index in [2.05, 4.69) is 42.4 Å². The van der Waals surface area contributed by atoms with E-state index in [0.29, 0.717) is 0 Å². The van der Waals surface area contributed by atoms with Crippen molar-refractivity contribution in [2.45, 2.75) is 26.3 Å². The molecule has 0 aliphatic carbocycles. The Morgan fingerprint density at radius 2 is 2.26 bits per heavy atom. The third-order valence-electron chi connectivity index (χ3n) is 3.91. The third kappa shape index (κ3) is 3.95. The van der Waals surface area contributed by atoms with Crippen LogP contribution in [0.2, 0.25) is 0 Å². The van der Waals surface area contributed by atoms with Crippen LogP contribution < -0.4 is 10.1 Å². The topological polar surface area (TPSA) is 24.5 Å². The molecule has 106 valence electrons. The summed E-state index contributed by atoms with van der Waals surface area (Å²) in [6, 6.07) is 6.56. The highest BCUT2D eigenvalue weighted by Crippen LogP contribution is 2.21. The van der Waals surface area contributed by atoms with Crippen molar-refractivity contribution in [2.24, 2.45) is 5.92 Å². The largest absolute Gasteiger partial charge is 0.496 e. The standard InChI is InChI=1S/C16H26N2O/c1-4-15-9-13(5-6-16(15)19-3)11-18(2)12-14-7-8-17-10-14/h5-6,9,14,17H,4,7-8,10-12H2,1-3H3. The molecule has 2 rings (SSSR count). The summed E-state index contributed by atoms with van der Waals surface area (Å²) in [5.41, 5.74) is 2.68. The van der Waals surface area contributed by atoms with Crippen molar-refractivity contribution in [2.75, 3.05) is 33.8 Å². The molecular formula is C16H26N2O. The number of hydrogen-bond donors (Lipinski definition) is 1. The molecule has 1 fully saturated rings. The van der Waals surface area contributed by atoms with Gasteiger partial charge in [0.2, 0.25) is 0 Å². The van der Waals surface area contributed by atoms with Gasteiger partial charge in [-0.05, 0) is 56.1 Å². The van der Waals surface area contributed by atoms with Crippen molar-refractivity contribution in [3.05, 3.63) is 29.3 Å². The monoisotopic (exact) mass is 262 g/mol. The lowest BCUT2D eigenvalue weighted by molar-refractivity contribution is 0.278. The summed E-state index contributed by atoms with van der Waals surface area (Å²) in [5.74, 6) is 1.82. The number of ether oxygens (including phenoxy) is 1. The summed E-state index contributed by atoms with van der Waals surface area (Å²) in [4.78, 5) is 2.43. The Hall–Kier alpha value is -1.06. The van der Waals surface area contributed by atoms with Gasteiger partial charge in [-0.25, -0.2) is 0 Å². The van der Waals surface area contributed by atoms with Crippen molar-refractivity contribution < 1.29 is 4.74 Å². The number of methoxy groups -OCH3 is 1. The molecule has 0 amide bonds. The number of aryl methyl sites for hydroxylation is 1. The second-order valence-electron chi connectivity index (χ2n) is 5.56. The van der Waals surface area contributed by atoms with Crippen LogP contribution in [0.5, 0.6) is 5.75 Å². The van der Waals surface area contributed by atoms with Gasteiger partial charge in [-0.1, -0.05) is 19.1 Å². The molecule has 1 aromatic carbocycles. The number of hydrogen-bond acceptors (Lipinski definition) is 3. The van der Waals surface area contributed by atoms with Gasteiger partial charge in [0.05, 0.1) is 7.11 Å². The van der Waals surface area contributed by atoms with Crippen LogP contribution in [0.4, 0.5) is 0 Å². The average molecular weight is 262 g/mol. The van der Waals surface area contributed by atoms with Crippen LogP contribution in [0, 0.1) is 5.92 Å². The van der Waals surface area contributed by atoms with Crippen LogP contribution in [-0.4, -0.2) is 38.7 Å². The lowest BCUT2D eigenvalue weighted by Crippen LogP contribution is -2.26. The molecule has 1 aliphatic heterocycles. The zero-order chi connectivity index (χ0) is 13.7. The molecule has 19 heavy (non-hydrogen) atoms. The summed E-state index contributed by atoms with van der Waals surface area (Å²) in [6.45, 7) is 6.73. The maximum atomic E-state index is 5.38. The van der Waals surface area contributed by atoms with Crippen molar-refractivity contribution in [1.82, 2.24) is 10.2 Å². The Balaban J connectivity index is 1.94. The molecule has 1 heterocycles. The van der Waals surface area contributed by atoms with Gasteiger partial charge in [-0.15, -0.1) is 0 Å². The highest BCUT2D eigenvalue weighted by molar-refractivity contribution is 5.37. The Labute approximate surface area is 116 Å². The molecule has 1 N–H and O–H groups in total. The first-order chi connectivity index (χ1) is 9.22. The number of benzene rings is 1. The SMILES string of the molecule is CCc1cc(CN(C)CC2CCNC2)ccc1OC. The number of nitrogens with zero attached hydrogens (tertiary/aromatic N) is 1. The molecule has 1 aliphatic rings. The van der Waals surface area contributed by atoms with Gasteiger partial charge in [0.25, 0.3) is 0 Å². The average Bonchev–Trinajstić information content (AvgIpc) is 2.91. The van der Waals surface area contributed by atoms with E-state index < -0.39 is 0 Å². The fourth-order valence-corrected chi connectivity index (χ4v) is 2.89. The second-order valence-corrected chi connectivity index (χ2v) is 5.56.